The molecule has 26 heavy (non-hydrogen) atoms. The molecule has 3 aromatic rings. The summed E-state index contributed by atoms with van der Waals surface area (Å²) in [5.74, 6) is -0.356. The van der Waals surface area contributed by atoms with Gasteiger partial charge in [0.05, 0.1) is 6.54 Å². The molecule has 0 aliphatic rings. The van der Waals surface area contributed by atoms with Crippen molar-refractivity contribution in [2.45, 2.75) is 20.4 Å². The van der Waals surface area contributed by atoms with Gasteiger partial charge in [0.25, 0.3) is 5.91 Å². The van der Waals surface area contributed by atoms with Gasteiger partial charge >= 0.3 is 0 Å². The molecule has 0 atom stereocenters. The topological polar surface area (TPSA) is 57.8 Å². The van der Waals surface area contributed by atoms with Gasteiger partial charge in [0.1, 0.15) is 11.6 Å². The number of rotatable bonds is 5. The molecule has 2 heterocycles. The van der Waals surface area contributed by atoms with Crippen LogP contribution in [-0.4, -0.2) is 10.5 Å². The van der Waals surface area contributed by atoms with Gasteiger partial charge in [-0.05, 0) is 55.1 Å². The second kappa shape index (κ2) is 7.85. The molecule has 0 saturated heterocycles. The van der Waals surface area contributed by atoms with E-state index in [1.165, 1.54) is 0 Å². The quantitative estimate of drug-likeness (QED) is 0.541. The largest absolute Gasteiger partial charge is 0.347 e. The smallest absolute Gasteiger partial charge is 0.262 e. The summed E-state index contributed by atoms with van der Waals surface area (Å²) in [7, 11) is 0. The minimum absolute atomic E-state index is 0.106. The summed E-state index contributed by atoms with van der Waals surface area (Å²) in [4.78, 5) is 13.4. The lowest BCUT2D eigenvalue weighted by Gasteiger charge is -2.09. The van der Waals surface area contributed by atoms with Crippen LogP contribution in [0.5, 0.6) is 0 Å². The molecule has 2 aromatic heterocycles. The van der Waals surface area contributed by atoms with Crippen LogP contribution in [0.25, 0.3) is 11.8 Å². The third kappa shape index (κ3) is 3.76. The summed E-state index contributed by atoms with van der Waals surface area (Å²) >= 11 is 1.57. The molecule has 1 amide bonds. The molecule has 0 saturated carbocycles. The van der Waals surface area contributed by atoms with Gasteiger partial charge in [-0.15, -0.1) is 11.3 Å². The van der Waals surface area contributed by atoms with Gasteiger partial charge in [-0.2, -0.15) is 5.26 Å². The SMILES string of the molecule is Cc1cc(C=C(C#N)C(=O)NCc2cccs2)c(C)n1-c1ccccc1. The lowest BCUT2D eigenvalue weighted by Crippen LogP contribution is -2.23. The van der Waals surface area contributed by atoms with Crippen molar-refractivity contribution in [1.29, 1.82) is 5.26 Å². The molecule has 0 aliphatic heterocycles. The van der Waals surface area contributed by atoms with Crippen molar-refractivity contribution in [3.63, 3.8) is 0 Å². The number of hydrogen-bond donors (Lipinski definition) is 1. The lowest BCUT2D eigenvalue weighted by atomic mass is 10.1. The Morgan fingerprint density at radius 2 is 2.00 bits per heavy atom. The van der Waals surface area contributed by atoms with E-state index in [-0.39, 0.29) is 11.5 Å². The van der Waals surface area contributed by atoms with E-state index < -0.39 is 0 Å². The van der Waals surface area contributed by atoms with Crippen LogP contribution < -0.4 is 5.32 Å². The molecule has 1 aromatic carbocycles. The number of hydrogen-bond acceptors (Lipinski definition) is 3. The average Bonchev–Trinajstić information content (AvgIpc) is 3.26. The number of carbonyl (C=O) groups is 1. The Balaban J connectivity index is 1.85. The van der Waals surface area contributed by atoms with E-state index in [4.69, 9.17) is 0 Å². The number of aryl methyl sites for hydroxylation is 1. The molecule has 0 aliphatic carbocycles. The Morgan fingerprint density at radius 3 is 2.65 bits per heavy atom. The normalized spacial score (nSPS) is 11.2. The van der Waals surface area contributed by atoms with Crippen LogP contribution in [0.4, 0.5) is 0 Å². The molecule has 0 bridgehead atoms. The van der Waals surface area contributed by atoms with Crippen molar-refractivity contribution in [3.05, 3.63) is 81.3 Å². The number of amides is 1. The molecule has 3 rings (SSSR count). The van der Waals surface area contributed by atoms with Crippen molar-refractivity contribution in [2.75, 3.05) is 0 Å². The first kappa shape index (κ1) is 17.7. The Labute approximate surface area is 157 Å². The van der Waals surface area contributed by atoms with Crippen molar-refractivity contribution in [2.24, 2.45) is 0 Å². The summed E-state index contributed by atoms with van der Waals surface area (Å²) < 4.78 is 2.12. The van der Waals surface area contributed by atoms with Gasteiger partial charge < -0.3 is 9.88 Å². The standard InChI is InChI=1S/C21H19N3OS/c1-15-11-17(16(2)24(15)19-7-4-3-5-8-19)12-18(13-22)21(25)23-14-20-9-6-10-26-20/h3-12H,14H2,1-2H3,(H,23,25). The second-order valence-electron chi connectivity index (χ2n) is 5.93. The molecule has 0 spiro atoms. The monoisotopic (exact) mass is 361 g/mol. The highest BCUT2D eigenvalue weighted by Crippen LogP contribution is 2.22. The molecule has 5 heteroatoms. The molecule has 0 fully saturated rings. The number of carbonyl (C=O) groups excluding carboxylic acids is 1. The molecule has 0 unspecified atom stereocenters. The maximum absolute atomic E-state index is 12.3. The number of thiophene rings is 1. The molecule has 1 N–H and O–H groups in total. The van der Waals surface area contributed by atoms with Gasteiger partial charge in [0.2, 0.25) is 0 Å². The number of nitrogens with one attached hydrogen (secondary N) is 1. The summed E-state index contributed by atoms with van der Waals surface area (Å²) in [5.41, 5.74) is 4.08. The Hall–Kier alpha value is -3.10. The zero-order valence-corrected chi connectivity index (χ0v) is 15.5. The minimum atomic E-state index is -0.356. The van der Waals surface area contributed by atoms with Crippen LogP contribution in [-0.2, 0) is 11.3 Å². The third-order valence-electron chi connectivity index (χ3n) is 4.15. The highest BCUT2D eigenvalue weighted by molar-refractivity contribution is 7.09. The van der Waals surface area contributed by atoms with Gasteiger partial charge in [-0.25, -0.2) is 0 Å². The van der Waals surface area contributed by atoms with E-state index in [1.54, 1.807) is 17.4 Å². The Kier molecular flexibility index (Phi) is 5.35. The van der Waals surface area contributed by atoms with Gasteiger partial charge in [0, 0.05) is 22.0 Å². The van der Waals surface area contributed by atoms with Crippen LogP contribution in [0, 0.1) is 25.2 Å². The van der Waals surface area contributed by atoms with E-state index in [0.717, 1.165) is 27.5 Å². The van der Waals surface area contributed by atoms with E-state index >= 15 is 0 Å². The number of nitrogens with zero attached hydrogens (tertiary/aromatic N) is 2. The van der Waals surface area contributed by atoms with E-state index in [0.29, 0.717) is 6.54 Å². The molecule has 4 nitrogen and oxygen atoms in total. The van der Waals surface area contributed by atoms with E-state index in [9.17, 15) is 10.1 Å². The first-order chi connectivity index (χ1) is 12.6. The van der Waals surface area contributed by atoms with Crippen LogP contribution in [0.2, 0.25) is 0 Å². The fourth-order valence-electron chi connectivity index (χ4n) is 2.89. The van der Waals surface area contributed by atoms with Crippen LogP contribution in [0.15, 0.2) is 59.5 Å². The lowest BCUT2D eigenvalue weighted by molar-refractivity contribution is -0.117. The molecular weight excluding hydrogens is 342 g/mol. The molecular formula is C21H19N3OS. The Morgan fingerprint density at radius 1 is 1.23 bits per heavy atom. The van der Waals surface area contributed by atoms with Crippen molar-refractivity contribution in [1.82, 2.24) is 9.88 Å². The number of benzene rings is 1. The average molecular weight is 361 g/mol. The van der Waals surface area contributed by atoms with E-state index in [1.807, 2.05) is 73.8 Å². The highest BCUT2D eigenvalue weighted by atomic mass is 32.1. The zero-order chi connectivity index (χ0) is 18.5. The number of aromatic nitrogens is 1. The first-order valence-electron chi connectivity index (χ1n) is 8.27. The highest BCUT2D eigenvalue weighted by Gasteiger charge is 2.13. The van der Waals surface area contributed by atoms with Gasteiger partial charge in [-0.1, -0.05) is 24.3 Å². The number of nitriles is 1. The summed E-state index contributed by atoms with van der Waals surface area (Å²) in [6.07, 6.45) is 1.66. The number of para-hydroxylation sites is 1. The van der Waals surface area contributed by atoms with Crippen LogP contribution >= 0.6 is 11.3 Å². The predicted octanol–water partition coefficient (Wildman–Crippen LogP) is 4.38. The fourth-order valence-corrected chi connectivity index (χ4v) is 3.53. The van der Waals surface area contributed by atoms with Crippen molar-refractivity contribution >= 4 is 23.3 Å². The van der Waals surface area contributed by atoms with Crippen molar-refractivity contribution < 1.29 is 4.79 Å². The molecule has 0 radical (unpaired) electrons. The van der Waals surface area contributed by atoms with E-state index in [2.05, 4.69) is 9.88 Å². The van der Waals surface area contributed by atoms with Crippen LogP contribution in [0.3, 0.4) is 0 Å². The summed E-state index contributed by atoms with van der Waals surface area (Å²) in [6, 6.07) is 17.9. The zero-order valence-electron chi connectivity index (χ0n) is 14.7. The minimum Gasteiger partial charge on any atom is -0.347 e. The summed E-state index contributed by atoms with van der Waals surface area (Å²) in [6.45, 7) is 4.43. The predicted molar refractivity (Wildman–Crippen MR) is 105 cm³/mol. The molecule has 130 valence electrons. The van der Waals surface area contributed by atoms with Crippen LogP contribution in [0.1, 0.15) is 21.8 Å². The fraction of sp³-hybridized carbons (Fsp3) is 0.143. The first-order valence-corrected chi connectivity index (χ1v) is 9.15. The summed E-state index contributed by atoms with van der Waals surface area (Å²) in [5, 5.41) is 14.2. The maximum atomic E-state index is 12.3. The second-order valence-corrected chi connectivity index (χ2v) is 6.96. The van der Waals surface area contributed by atoms with Gasteiger partial charge in [-0.3, -0.25) is 4.79 Å². The van der Waals surface area contributed by atoms with Crippen molar-refractivity contribution in [3.8, 4) is 11.8 Å². The Bertz CT molecular complexity index is 976. The maximum Gasteiger partial charge on any atom is 0.262 e. The third-order valence-corrected chi connectivity index (χ3v) is 5.03. The van der Waals surface area contributed by atoms with Gasteiger partial charge in [0.15, 0.2) is 0 Å².